The number of carbonyl (C=O) groups is 1. The number of carbonyl (C=O) groups excluding carboxylic acids is 1. The summed E-state index contributed by atoms with van der Waals surface area (Å²) < 4.78 is 7.69. The fourth-order valence-corrected chi connectivity index (χ4v) is 4.82. The van der Waals surface area contributed by atoms with Gasteiger partial charge in [-0.05, 0) is 48.0 Å². The minimum atomic E-state index is -0.306. The molecule has 0 aliphatic carbocycles. The number of hydrogen-bond acceptors (Lipinski definition) is 7. The van der Waals surface area contributed by atoms with Crippen molar-refractivity contribution in [2.24, 2.45) is 5.10 Å². The first-order valence-electron chi connectivity index (χ1n) is 9.11. The van der Waals surface area contributed by atoms with Crippen LogP contribution in [0.5, 0.6) is 5.75 Å². The summed E-state index contributed by atoms with van der Waals surface area (Å²) in [7, 11) is 1.66. The number of nitrogens with one attached hydrogen (secondary N) is 1. The molecule has 0 spiro atoms. The number of hydrazone groups is 1. The lowest BCUT2D eigenvalue weighted by atomic mass is 10.1. The van der Waals surface area contributed by atoms with E-state index in [0.29, 0.717) is 11.3 Å². The van der Waals surface area contributed by atoms with Crippen LogP contribution in [0.2, 0.25) is 0 Å². The fraction of sp³-hybridized carbons (Fsp3) is 0.0909. The number of benzene rings is 2. The van der Waals surface area contributed by atoms with Gasteiger partial charge in [-0.1, -0.05) is 23.9 Å². The molecule has 0 saturated carbocycles. The van der Waals surface area contributed by atoms with Gasteiger partial charge in [-0.3, -0.25) is 9.78 Å². The molecular formula is C22H18N4O2S2. The van der Waals surface area contributed by atoms with Crippen molar-refractivity contribution in [2.45, 2.75) is 10.1 Å². The van der Waals surface area contributed by atoms with Crippen molar-refractivity contribution < 1.29 is 9.53 Å². The van der Waals surface area contributed by atoms with Crippen LogP contribution in [0.15, 0.2) is 76.4 Å². The molecule has 150 valence electrons. The van der Waals surface area contributed by atoms with Crippen molar-refractivity contribution in [3.8, 4) is 5.75 Å². The molecule has 4 rings (SSSR count). The van der Waals surface area contributed by atoms with Crippen LogP contribution in [-0.2, 0) is 5.75 Å². The number of rotatable bonds is 7. The van der Waals surface area contributed by atoms with Gasteiger partial charge in [0.05, 0.1) is 29.1 Å². The average molecular weight is 435 g/mol. The van der Waals surface area contributed by atoms with E-state index in [0.717, 1.165) is 26.7 Å². The lowest BCUT2D eigenvalue weighted by Gasteiger charge is -2.08. The number of nitrogens with zero attached hydrogens (tertiary/aromatic N) is 3. The molecule has 0 unspecified atom stereocenters. The molecule has 30 heavy (non-hydrogen) atoms. The summed E-state index contributed by atoms with van der Waals surface area (Å²) >= 11 is 3.35. The van der Waals surface area contributed by atoms with Crippen LogP contribution in [0.1, 0.15) is 21.5 Å². The predicted molar refractivity (Wildman–Crippen MR) is 121 cm³/mol. The van der Waals surface area contributed by atoms with E-state index >= 15 is 0 Å². The van der Waals surface area contributed by atoms with Gasteiger partial charge < -0.3 is 4.74 Å². The van der Waals surface area contributed by atoms with E-state index < -0.39 is 0 Å². The maximum Gasteiger partial charge on any atom is 0.272 e. The number of ether oxygens (including phenoxy) is 1. The third kappa shape index (κ3) is 4.84. The van der Waals surface area contributed by atoms with E-state index in [2.05, 4.69) is 26.6 Å². The second-order valence-corrected chi connectivity index (χ2v) is 8.50. The standard InChI is InChI=1S/C22H18N4O2S2/c1-28-19-9-8-15(12-24-26-21(27)16-5-4-10-23-13-16)11-17(19)14-29-22-25-18-6-2-3-7-20(18)30-22/h2-13H,14H2,1H3,(H,26,27)/b24-12+. The monoisotopic (exact) mass is 434 g/mol. The number of aromatic nitrogens is 2. The molecule has 0 radical (unpaired) electrons. The number of methoxy groups -OCH3 is 1. The molecule has 1 N–H and O–H groups in total. The third-order valence-electron chi connectivity index (χ3n) is 4.23. The highest BCUT2D eigenvalue weighted by molar-refractivity contribution is 8.00. The molecule has 0 aliphatic heterocycles. The molecule has 0 bridgehead atoms. The lowest BCUT2D eigenvalue weighted by Crippen LogP contribution is -2.17. The third-order valence-corrected chi connectivity index (χ3v) is 6.46. The van der Waals surface area contributed by atoms with Gasteiger partial charge in [0, 0.05) is 23.7 Å². The van der Waals surface area contributed by atoms with Gasteiger partial charge in [-0.25, -0.2) is 10.4 Å². The van der Waals surface area contributed by atoms with E-state index in [-0.39, 0.29) is 5.91 Å². The minimum absolute atomic E-state index is 0.306. The van der Waals surface area contributed by atoms with Gasteiger partial charge in [0.15, 0.2) is 4.34 Å². The van der Waals surface area contributed by atoms with Crippen molar-refractivity contribution in [3.05, 3.63) is 83.7 Å². The van der Waals surface area contributed by atoms with Crippen molar-refractivity contribution in [1.82, 2.24) is 15.4 Å². The SMILES string of the molecule is COc1ccc(/C=N/NC(=O)c2cccnc2)cc1CSc1nc2ccccc2s1. The summed E-state index contributed by atoms with van der Waals surface area (Å²) in [4.78, 5) is 20.6. The van der Waals surface area contributed by atoms with Gasteiger partial charge in [0.25, 0.3) is 5.91 Å². The first kappa shape index (κ1) is 20.1. The molecule has 8 heteroatoms. The molecule has 6 nitrogen and oxygen atoms in total. The van der Waals surface area contributed by atoms with Gasteiger partial charge >= 0.3 is 0 Å². The Morgan fingerprint density at radius 3 is 2.93 bits per heavy atom. The van der Waals surface area contributed by atoms with E-state index in [4.69, 9.17) is 4.74 Å². The summed E-state index contributed by atoms with van der Waals surface area (Å²) in [5.41, 5.74) is 5.88. The van der Waals surface area contributed by atoms with Gasteiger partial charge in [-0.15, -0.1) is 11.3 Å². The highest BCUT2D eigenvalue weighted by atomic mass is 32.2. The van der Waals surface area contributed by atoms with Gasteiger partial charge in [-0.2, -0.15) is 5.10 Å². The summed E-state index contributed by atoms with van der Waals surface area (Å²) in [6.45, 7) is 0. The molecule has 0 saturated heterocycles. The Bertz CT molecular complexity index is 1160. The van der Waals surface area contributed by atoms with Crippen LogP contribution in [0.3, 0.4) is 0 Å². The van der Waals surface area contributed by atoms with Gasteiger partial charge in [0.1, 0.15) is 5.75 Å². The highest BCUT2D eigenvalue weighted by Gasteiger charge is 2.09. The average Bonchev–Trinajstić information content (AvgIpc) is 3.21. The summed E-state index contributed by atoms with van der Waals surface area (Å²) in [5, 5.41) is 4.05. The zero-order chi connectivity index (χ0) is 20.8. The normalized spacial score (nSPS) is 11.1. The first-order valence-corrected chi connectivity index (χ1v) is 10.9. The molecule has 0 aliphatic rings. The highest BCUT2D eigenvalue weighted by Crippen LogP contribution is 2.33. The molecular weight excluding hydrogens is 416 g/mol. The van der Waals surface area contributed by atoms with E-state index in [1.54, 1.807) is 54.8 Å². The molecule has 4 aromatic rings. The van der Waals surface area contributed by atoms with E-state index in [1.807, 2.05) is 36.4 Å². The lowest BCUT2D eigenvalue weighted by molar-refractivity contribution is 0.0955. The predicted octanol–water partition coefficient (Wildman–Crippen LogP) is 4.76. The van der Waals surface area contributed by atoms with Crippen molar-refractivity contribution in [3.63, 3.8) is 0 Å². The van der Waals surface area contributed by atoms with Gasteiger partial charge in [0.2, 0.25) is 0 Å². The number of pyridine rings is 1. The molecule has 0 fully saturated rings. The van der Waals surface area contributed by atoms with Crippen LogP contribution >= 0.6 is 23.1 Å². The van der Waals surface area contributed by atoms with Crippen LogP contribution in [-0.4, -0.2) is 29.2 Å². The second-order valence-electron chi connectivity index (χ2n) is 6.25. The Hall–Kier alpha value is -3.23. The fourth-order valence-electron chi connectivity index (χ4n) is 2.77. The summed E-state index contributed by atoms with van der Waals surface area (Å²) in [6.07, 6.45) is 4.72. The Kier molecular flexibility index (Phi) is 6.36. The van der Waals surface area contributed by atoms with Crippen LogP contribution in [0.4, 0.5) is 0 Å². The number of thioether (sulfide) groups is 1. The smallest absolute Gasteiger partial charge is 0.272 e. The maximum absolute atomic E-state index is 12.0. The summed E-state index contributed by atoms with van der Waals surface area (Å²) in [6, 6.07) is 17.3. The topological polar surface area (TPSA) is 76.5 Å². The van der Waals surface area contributed by atoms with Crippen LogP contribution in [0.25, 0.3) is 10.2 Å². The largest absolute Gasteiger partial charge is 0.496 e. The zero-order valence-electron chi connectivity index (χ0n) is 16.1. The Balaban J connectivity index is 1.44. The van der Waals surface area contributed by atoms with E-state index in [9.17, 15) is 4.79 Å². The number of para-hydroxylation sites is 1. The molecule has 2 aromatic heterocycles. The molecule has 2 aromatic carbocycles. The van der Waals surface area contributed by atoms with Crippen LogP contribution in [0, 0.1) is 0 Å². The van der Waals surface area contributed by atoms with E-state index in [1.165, 1.54) is 10.9 Å². The number of fused-ring (bicyclic) bond motifs is 1. The molecule has 1 amide bonds. The minimum Gasteiger partial charge on any atom is -0.496 e. The second kappa shape index (κ2) is 9.51. The Morgan fingerprint density at radius 2 is 2.13 bits per heavy atom. The summed E-state index contributed by atoms with van der Waals surface area (Å²) in [5.74, 6) is 1.21. The number of amides is 1. The first-order chi connectivity index (χ1) is 14.7. The molecule has 0 atom stereocenters. The maximum atomic E-state index is 12.0. The quantitative estimate of drug-likeness (QED) is 0.258. The van der Waals surface area contributed by atoms with Crippen molar-refractivity contribution in [2.75, 3.05) is 7.11 Å². The Morgan fingerprint density at radius 1 is 1.23 bits per heavy atom. The van der Waals surface area contributed by atoms with Crippen molar-refractivity contribution >= 4 is 45.4 Å². The Labute approximate surface area is 182 Å². The van der Waals surface area contributed by atoms with Crippen molar-refractivity contribution in [1.29, 1.82) is 0 Å². The number of hydrogen-bond donors (Lipinski definition) is 1. The van der Waals surface area contributed by atoms with Crippen LogP contribution < -0.4 is 10.2 Å². The zero-order valence-corrected chi connectivity index (χ0v) is 17.7. The molecule has 2 heterocycles. The number of thiazole rings is 1.